The number of para-hydroxylation sites is 2. The van der Waals surface area contributed by atoms with Crippen LogP contribution in [0.25, 0.3) is 11.0 Å². The summed E-state index contributed by atoms with van der Waals surface area (Å²) in [6.45, 7) is 6.55. The van der Waals surface area contributed by atoms with E-state index in [1.807, 2.05) is 43.7 Å². The molecule has 8 nitrogen and oxygen atoms in total. The molecule has 0 unspecified atom stereocenters. The van der Waals surface area contributed by atoms with Crippen LogP contribution in [-0.4, -0.2) is 34.8 Å². The Hall–Kier alpha value is -3.46. The number of rotatable bonds is 7. The van der Waals surface area contributed by atoms with E-state index in [2.05, 4.69) is 19.8 Å². The molecule has 1 N–H and O–H groups in total. The van der Waals surface area contributed by atoms with E-state index in [9.17, 15) is 8.42 Å². The lowest BCUT2D eigenvalue weighted by molar-refractivity contribution is 0.281. The van der Waals surface area contributed by atoms with E-state index in [0.29, 0.717) is 17.6 Å². The third-order valence-electron chi connectivity index (χ3n) is 4.75. The van der Waals surface area contributed by atoms with Gasteiger partial charge in [-0.1, -0.05) is 29.8 Å². The van der Waals surface area contributed by atoms with Crippen molar-refractivity contribution < 1.29 is 13.2 Å². The molecule has 0 aliphatic heterocycles. The molecule has 0 saturated heterocycles. The van der Waals surface area contributed by atoms with Gasteiger partial charge in [0.15, 0.2) is 0 Å². The van der Waals surface area contributed by atoms with Gasteiger partial charge in [-0.2, -0.15) is 5.10 Å². The molecule has 4 aromatic rings. The van der Waals surface area contributed by atoms with E-state index in [4.69, 9.17) is 4.74 Å². The summed E-state index contributed by atoms with van der Waals surface area (Å²) < 4.78 is 36.0. The second-order valence-corrected chi connectivity index (χ2v) is 8.97. The lowest BCUT2D eigenvalue weighted by atomic mass is 10.2. The first-order chi connectivity index (χ1) is 14.8. The molecule has 0 saturated carbocycles. The second-order valence-electron chi connectivity index (χ2n) is 7.28. The van der Waals surface area contributed by atoms with Gasteiger partial charge < -0.3 is 4.74 Å². The van der Waals surface area contributed by atoms with Crippen molar-refractivity contribution in [2.75, 3.05) is 11.3 Å². The standard InChI is InChI=1S/C22H23N5O3S/c1-15-8-10-18(11-9-15)31(28,29)26-21-22(24-20-7-5-4-6-19(20)23-21)30-13-12-27-17(3)14-16(2)25-27/h4-11,14H,12-13H2,1-3H3,(H,23,26). The van der Waals surface area contributed by atoms with Crippen LogP contribution in [-0.2, 0) is 16.6 Å². The molecule has 160 valence electrons. The van der Waals surface area contributed by atoms with E-state index in [-0.39, 0.29) is 23.2 Å². The van der Waals surface area contributed by atoms with E-state index in [1.54, 1.807) is 36.4 Å². The van der Waals surface area contributed by atoms with Crippen molar-refractivity contribution in [1.82, 2.24) is 19.7 Å². The Bertz CT molecular complexity index is 1330. The number of benzene rings is 2. The summed E-state index contributed by atoms with van der Waals surface area (Å²) in [6.07, 6.45) is 0. The largest absolute Gasteiger partial charge is 0.473 e. The van der Waals surface area contributed by atoms with Gasteiger partial charge in [-0.15, -0.1) is 0 Å². The number of anilines is 1. The Morgan fingerprint density at radius 2 is 1.65 bits per heavy atom. The first-order valence-electron chi connectivity index (χ1n) is 9.82. The van der Waals surface area contributed by atoms with Crippen LogP contribution in [0, 0.1) is 20.8 Å². The number of nitrogens with one attached hydrogen (secondary N) is 1. The fourth-order valence-corrected chi connectivity index (χ4v) is 4.18. The minimum absolute atomic E-state index is 0.0487. The van der Waals surface area contributed by atoms with E-state index in [0.717, 1.165) is 17.0 Å². The number of fused-ring (bicyclic) bond motifs is 1. The van der Waals surface area contributed by atoms with Crippen LogP contribution < -0.4 is 9.46 Å². The normalized spacial score (nSPS) is 11.6. The molecule has 0 spiro atoms. The quantitative estimate of drug-likeness (QED) is 0.474. The number of ether oxygens (including phenoxy) is 1. The summed E-state index contributed by atoms with van der Waals surface area (Å²) in [6, 6.07) is 15.8. The van der Waals surface area contributed by atoms with Crippen LogP contribution in [0.3, 0.4) is 0 Å². The van der Waals surface area contributed by atoms with Crippen molar-refractivity contribution in [3.63, 3.8) is 0 Å². The summed E-state index contributed by atoms with van der Waals surface area (Å²) in [5, 5.41) is 4.41. The average Bonchev–Trinajstić information content (AvgIpc) is 3.05. The number of aryl methyl sites for hydroxylation is 3. The van der Waals surface area contributed by atoms with Crippen LogP contribution in [0.2, 0.25) is 0 Å². The summed E-state index contributed by atoms with van der Waals surface area (Å²) in [5.74, 6) is 0.170. The lowest BCUT2D eigenvalue weighted by Gasteiger charge is -2.13. The molecule has 4 rings (SSSR count). The van der Waals surface area contributed by atoms with Crippen LogP contribution in [0.5, 0.6) is 5.88 Å². The molecule has 0 bridgehead atoms. The maximum atomic E-state index is 12.9. The van der Waals surface area contributed by atoms with Crippen molar-refractivity contribution >= 4 is 26.9 Å². The number of aromatic nitrogens is 4. The summed E-state index contributed by atoms with van der Waals surface area (Å²) in [5.41, 5.74) is 4.09. The van der Waals surface area contributed by atoms with Gasteiger partial charge in [0, 0.05) is 5.69 Å². The lowest BCUT2D eigenvalue weighted by Crippen LogP contribution is -2.17. The monoisotopic (exact) mass is 437 g/mol. The van der Waals surface area contributed by atoms with Crippen molar-refractivity contribution in [2.24, 2.45) is 0 Å². The third kappa shape index (κ3) is 4.66. The van der Waals surface area contributed by atoms with Gasteiger partial charge in [0.25, 0.3) is 15.9 Å². The SMILES string of the molecule is Cc1ccc(S(=O)(=O)Nc2nc3ccccc3nc2OCCn2nc(C)cc2C)cc1. The highest BCUT2D eigenvalue weighted by Crippen LogP contribution is 2.26. The van der Waals surface area contributed by atoms with Crippen LogP contribution in [0.15, 0.2) is 59.5 Å². The zero-order valence-corrected chi connectivity index (χ0v) is 18.3. The Balaban J connectivity index is 1.63. The van der Waals surface area contributed by atoms with Gasteiger partial charge in [0.2, 0.25) is 5.82 Å². The van der Waals surface area contributed by atoms with Gasteiger partial charge >= 0.3 is 0 Å². The zero-order chi connectivity index (χ0) is 22.0. The van der Waals surface area contributed by atoms with Crippen LogP contribution in [0.4, 0.5) is 5.82 Å². The Kier molecular flexibility index (Phi) is 5.60. The minimum atomic E-state index is -3.85. The summed E-state index contributed by atoms with van der Waals surface area (Å²) >= 11 is 0. The van der Waals surface area contributed by atoms with Gasteiger partial charge in [-0.05, 0) is 51.1 Å². The van der Waals surface area contributed by atoms with Crippen molar-refractivity contribution in [2.45, 2.75) is 32.2 Å². The number of nitrogens with zero attached hydrogens (tertiary/aromatic N) is 4. The highest BCUT2D eigenvalue weighted by molar-refractivity contribution is 7.92. The summed E-state index contributed by atoms with van der Waals surface area (Å²) in [4.78, 5) is 9.08. The predicted molar refractivity (Wildman–Crippen MR) is 119 cm³/mol. The zero-order valence-electron chi connectivity index (χ0n) is 17.5. The van der Waals surface area contributed by atoms with E-state index >= 15 is 0 Å². The molecule has 0 aliphatic rings. The molecule has 31 heavy (non-hydrogen) atoms. The molecule has 0 atom stereocenters. The number of hydrogen-bond donors (Lipinski definition) is 1. The fraction of sp³-hybridized carbons (Fsp3) is 0.227. The molecule has 2 aromatic carbocycles. The van der Waals surface area contributed by atoms with E-state index < -0.39 is 10.0 Å². The Morgan fingerprint density at radius 1 is 0.968 bits per heavy atom. The first kappa shape index (κ1) is 20.8. The van der Waals surface area contributed by atoms with Gasteiger partial charge in [-0.25, -0.2) is 18.4 Å². The van der Waals surface area contributed by atoms with Gasteiger partial charge in [-0.3, -0.25) is 9.40 Å². The molecule has 2 heterocycles. The first-order valence-corrected chi connectivity index (χ1v) is 11.3. The Labute approximate surface area is 181 Å². The molecular formula is C22H23N5O3S. The summed E-state index contributed by atoms with van der Waals surface area (Å²) in [7, 11) is -3.85. The highest BCUT2D eigenvalue weighted by Gasteiger charge is 2.19. The van der Waals surface area contributed by atoms with Gasteiger partial charge in [0.1, 0.15) is 6.61 Å². The number of hydrogen-bond acceptors (Lipinski definition) is 6. The molecule has 2 aromatic heterocycles. The Morgan fingerprint density at radius 3 is 2.29 bits per heavy atom. The van der Waals surface area contributed by atoms with Crippen LogP contribution in [0.1, 0.15) is 17.0 Å². The average molecular weight is 438 g/mol. The third-order valence-corrected chi connectivity index (χ3v) is 6.10. The van der Waals surface area contributed by atoms with Crippen molar-refractivity contribution in [3.8, 4) is 5.88 Å². The minimum Gasteiger partial charge on any atom is -0.473 e. The number of sulfonamides is 1. The van der Waals surface area contributed by atoms with Crippen molar-refractivity contribution in [1.29, 1.82) is 0 Å². The predicted octanol–water partition coefficient (Wildman–Crippen LogP) is 3.63. The molecule has 0 aliphatic carbocycles. The maximum absolute atomic E-state index is 12.9. The molecule has 0 fully saturated rings. The molecule has 0 radical (unpaired) electrons. The molecular weight excluding hydrogens is 414 g/mol. The van der Waals surface area contributed by atoms with E-state index in [1.165, 1.54) is 0 Å². The highest BCUT2D eigenvalue weighted by atomic mass is 32.2. The van der Waals surface area contributed by atoms with Crippen LogP contribution >= 0.6 is 0 Å². The molecule has 0 amide bonds. The smallest absolute Gasteiger partial charge is 0.263 e. The molecule has 9 heteroatoms. The maximum Gasteiger partial charge on any atom is 0.263 e. The van der Waals surface area contributed by atoms with Crippen molar-refractivity contribution in [3.05, 3.63) is 71.5 Å². The fourth-order valence-electron chi connectivity index (χ4n) is 3.18. The van der Waals surface area contributed by atoms with Gasteiger partial charge in [0.05, 0.1) is 28.2 Å². The topological polar surface area (TPSA) is 99.0 Å². The second kappa shape index (κ2) is 8.35.